The summed E-state index contributed by atoms with van der Waals surface area (Å²) in [6.07, 6.45) is 0. The topological polar surface area (TPSA) is 92.4 Å². The molecule has 1 rings (SSSR count). The fourth-order valence-corrected chi connectivity index (χ4v) is 2.97. The summed E-state index contributed by atoms with van der Waals surface area (Å²) in [6.45, 7) is 1.36. The van der Waals surface area contributed by atoms with Crippen molar-refractivity contribution in [2.24, 2.45) is 0 Å². The third-order valence-electron chi connectivity index (χ3n) is 1.76. The minimum absolute atomic E-state index is 0.0854. The number of nitrogen functional groups attached to an aromatic ring is 1. The summed E-state index contributed by atoms with van der Waals surface area (Å²) in [5.74, 6) is -1.34. The zero-order valence-corrected chi connectivity index (χ0v) is 12.5. The number of nitrogens with two attached hydrogens (primary N) is 1. The van der Waals surface area contributed by atoms with Crippen molar-refractivity contribution in [3.63, 3.8) is 0 Å². The van der Waals surface area contributed by atoms with Crippen molar-refractivity contribution < 1.29 is 14.7 Å². The number of rotatable bonds is 2. The molecule has 0 heterocycles. The Morgan fingerprint density at radius 2 is 1.94 bits per heavy atom. The SMILES string of the molecule is CC(=O)Nc1c(I)c(N)cc(C(=O)O)c1I. The fraction of sp³-hybridized carbons (Fsp3) is 0.111. The maximum atomic E-state index is 11.0. The van der Waals surface area contributed by atoms with Crippen LogP contribution in [0.2, 0.25) is 0 Å². The van der Waals surface area contributed by atoms with E-state index >= 15 is 0 Å². The molecule has 4 N–H and O–H groups in total. The van der Waals surface area contributed by atoms with Gasteiger partial charge in [0.05, 0.1) is 18.4 Å². The highest BCUT2D eigenvalue weighted by molar-refractivity contribution is 14.1. The number of halogens is 2. The van der Waals surface area contributed by atoms with Crippen molar-refractivity contribution in [1.29, 1.82) is 0 Å². The van der Waals surface area contributed by atoms with Crippen molar-refractivity contribution in [3.05, 3.63) is 18.8 Å². The molecular formula is C9H8I2N2O3. The molecule has 0 saturated carbocycles. The number of benzene rings is 1. The molecule has 0 aromatic heterocycles. The van der Waals surface area contributed by atoms with E-state index in [0.717, 1.165) is 0 Å². The van der Waals surface area contributed by atoms with Crippen molar-refractivity contribution in [3.8, 4) is 0 Å². The summed E-state index contributed by atoms with van der Waals surface area (Å²) in [6, 6.07) is 1.39. The molecule has 0 unspecified atom stereocenters. The maximum absolute atomic E-state index is 11.0. The number of aromatic carboxylic acids is 1. The first-order chi connectivity index (χ1) is 7.34. The van der Waals surface area contributed by atoms with E-state index in [9.17, 15) is 9.59 Å². The minimum atomic E-state index is -1.07. The lowest BCUT2D eigenvalue weighted by atomic mass is 10.1. The lowest BCUT2D eigenvalue weighted by Gasteiger charge is -2.12. The Labute approximate surface area is 119 Å². The van der Waals surface area contributed by atoms with Gasteiger partial charge in [-0.2, -0.15) is 0 Å². The second kappa shape index (κ2) is 5.17. The predicted molar refractivity (Wildman–Crippen MR) is 77.6 cm³/mol. The Bertz CT molecular complexity index is 474. The number of anilines is 2. The molecule has 5 nitrogen and oxygen atoms in total. The van der Waals surface area contributed by atoms with Crippen molar-refractivity contribution in [1.82, 2.24) is 0 Å². The zero-order chi connectivity index (χ0) is 12.5. The second-order valence-electron chi connectivity index (χ2n) is 3.00. The van der Waals surface area contributed by atoms with Crippen LogP contribution in [0.3, 0.4) is 0 Å². The van der Waals surface area contributed by atoms with Crippen molar-refractivity contribution in [2.75, 3.05) is 11.1 Å². The number of hydrogen-bond acceptors (Lipinski definition) is 3. The van der Waals surface area contributed by atoms with Crippen LogP contribution in [0.1, 0.15) is 17.3 Å². The highest BCUT2D eigenvalue weighted by Crippen LogP contribution is 2.32. The largest absolute Gasteiger partial charge is 0.478 e. The van der Waals surface area contributed by atoms with Gasteiger partial charge >= 0.3 is 5.97 Å². The number of amides is 1. The molecule has 1 aromatic carbocycles. The molecule has 0 spiro atoms. The first-order valence-electron chi connectivity index (χ1n) is 4.13. The number of carbonyl (C=O) groups is 2. The smallest absolute Gasteiger partial charge is 0.336 e. The maximum Gasteiger partial charge on any atom is 0.336 e. The first kappa shape index (κ1) is 13.5. The highest BCUT2D eigenvalue weighted by atomic mass is 127. The van der Waals surface area contributed by atoms with Gasteiger partial charge in [0.25, 0.3) is 0 Å². The van der Waals surface area contributed by atoms with Gasteiger partial charge in [-0.3, -0.25) is 4.79 Å². The Balaban J connectivity index is 3.45. The summed E-state index contributed by atoms with van der Waals surface area (Å²) in [4.78, 5) is 22.0. The Morgan fingerprint density at radius 3 is 2.38 bits per heavy atom. The normalized spacial score (nSPS) is 9.94. The van der Waals surface area contributed by atoms with Crippen LogP contribution in [-0.4, -0.2) is 17.0 Å². The number of carbonyl (C=O) groups excluding carboxylic acids is 1. The van der Waals surface area contributed by atoms with Gasteiger partial charge in [0.15, 0.2) is 0 Å². The molecule has 0 saturated heterocycles. The molecule has 0 aliphatic rings. The molecule has 0 fully saturated rings. The second-order valence-corrected chi connectivity index (χ2v) is 5.16. The average molecular weight is 446 g/mol. The van der Waals surface area contributed by atoms with E-state index in [1.807, 2.05) is 45.2 Å². The third-order valence-corrected chi connectivity index (χ3v) is 4.04. The van der Waals surface area contributed by atoms with Crippen molar-refractivity contribution >= 4 is 68.4 Å². The van der Waals surface area contributed by atoms with E-state index in [1.54, 1.807) is 0 Å². The van der Waals surface area contributed by atoms with E-state index < -0.39 is 5.97 Å². The van der Waals surface area contributed by atoms with Gasteiger partial charge in [0.1, 0.15) is 0 Å². The minimum Gasteiger partial charge on any atom is -0.478 e. The summed E-state index contributed by atoms with van der Waals surface area (Å²) in [7, 11) is 0. The Hall–Kier alpha value is -0.580. The molecule has 0 atom stereocenters. The lowest BCUT2D eigenvalue weighted by molar-refractivity contribution is -0.114. The van der Waals surface area contributed by atoms with Crippen LogP contribution in [0.25, 0.3) is 0 Å². The highest BCUT2D eigenvalue weighted by Gasteiger charge is 2.18. The van der Waals surface area contributed by atoms with Gasteiger partial charge in [-0.05, 0) is 51.2 Å². The van der Waals surface area contributed by atoms with Crippen LogP contribution < -0.4 is 11.1 Å². The van der Waals surface area contributed by atoms with Gasteiger partial charge < -0.3 is 16.2 Å². The molecule has 1 amide bonds. The first-order valence-corrected chi connectivity index (χ1v) is 6.28. The Morgan fingerprint density at radius 1 is 1.38 bits per heavy atom. The molecule has 86 valence electrons. The molecule has 0 radical (unpaired) electrons. The van der Waals surface area contributed by atoms with Crippen LogP contribution in [0.15, 0.2) is 6.07 Å². The van der Waals surface area contributed by atoms with E-state index in [0.29, 0.717) is 18.5 Å². The number of hydrogen-bond donors (Lipinski definition) is 3. The van der Waals surface area contributed by atoms with E-state index in [4.69, 9.17) is 10.8 Å². The molecule has 0 bridgehead atoms. The van der Waals surface area contributed by atoms with Gasteiger partial charge in [0, 0.05) is 12.6 Å². The molecular weight excluding hydrogens is 438 g/mol. The number of carboxylic acid groups (broad SMARTS) is 1. The van der Waals surface area contributed by atoms with E-state index in [2.05, 4.69) is 5.32 Å². The monoisotopic (exact) mass is 446 g/mol. The molecule has 0 aliphatic carbocycles. The standard InChI is InChI=1S/C9H8I2N2O3/c1-3(14)13-8-6(10)4(9(15)16)2-5(12)7(8)11/h2H,12H2,1H3,(H,13,14)(H,15,16). The predicted octanol–water partition coefficient (Wildman–Crippen LogP) is 2.13. The van der Waals surface area contributed by atoms with Crippen molar-refractivity contribution in [2.45, 2.75) is 6.92 Å². The lowest BCUT2D eigenvalue weighted by Crippen LogP contribution is -2.13. The van der Waals surface area contributed by atoms with Crippen LogP contribution in [0, 0.1) is 7.14 Å². The van der Waals surface area contributed by atoms with Gasteiger partial charge in [-0.25, -0.2) is 4.79 Å². The fourth-order valence-electron chi connectivity index (χ4n) is 1.10. The Kier molecular flexibility index (Phi) is 4.35. The van der Waals surface area contributed by atoms with Gasteiger partial charge in [-0.15, -0.1) is 0 Å². The third kappa shape index (κ3) is 2.75. The number of carboxylic acids is 1. The zero-order valence-electron chi connectivity index (χ0n) is 8.17. The summed E-state index contributed by atoms with van der Waals surface area (Å²) in [5, 5.41) is 11.5. The molecule has 16 heavy (non-hydrogen) atoms. The molecule has 1 aromatic rings. The quantitative estimate of drug-likeness (QED) is 0.480. The molecule has 0 aliphatic heterocycles. The average Bonchev–Trinajstić information content (AvgIpc) is 2.17. The van der Waals surface area contributed by atoms with Crippen LogP contribution in [0.4, 0.5) is 11.4 Å². The van der Waals surface area contributed by atoms with Crippen LogP contribution in [-0.2, 0) is 4.79 Å². The van der Waals surface area contributed by atoms with Gasteiger partial charge in [-0.1, -0.05) is 0 Å². The number of nitrogens with one attached hydrogen (secondary N) is 1. The van der Waals surface area contributed by atoms with E-state index in [-0.39, 0.29) is 11.5 Å². The summed E-state index contributed by atoms with van der Waals surface area (Å²) >= 11 is 3.84. The van der Waals surface area contributed by atoms with Crippen LogP contribution >= 0.6 is 45.2 Å². The van der Waals surface area contributed by atoms with Gasteiger partial charge in [0.2, 0.25) is 5.91 Å². The summed E-state index contributed by atoms with van der Waals surface area (Å²) in [5.41, 5.74) is 6.55. The van der Waals surface area contributed by atoms with Crippen LogP contribution in [0.5, 0.6) is 0 Å². The van der Waals surface area contributed by atoms with E-state index in [1.165, 1.54) is 13.0 Å². The molecule has 7 heteroatoms. The summed E-state index contributed by atoms with van der Waals surface area (Å²) < 4.78 is 1.11.